The van der Waals surface area contributed by atoms with Gasteiger partial charge in [-0.15, -0.1) is 0 Å². The highest BCUT2D eigenvalue weighted by atomic mass is 79.9. The van der Waals surface area contributed by atoms with Crippen LogP contribution in [-0.2, 0) is 16.0 Å². The standard InChI is InChI=1S/C14H19BrO4/c1-17-13-9-11(10-14(16)18-2)5-6-12(13)19-8-4-3-7-15/h5-6,9H,3-4,7-8,10H2,1-2H3. The van der Waals surface area contributed by atoms with Crippen molar-refractivity contribution in [2.75, 3.05) is 26.2 Å². The van der Waals surface area contributed by atoms with Crippen molar-refractivity contribution in [2.45, 2.75) is 19.3 Å². The Labute approximate surface area is 122 Å². The van der Waals surface area contributed by atoms with Gasteiger partial charge in [-0.25, -0.2) is 0 Å². The molecule has 0 aliphatic heterocycles. The lowest BCUT2D eigenvalue weighted by atomic mass is 10.1. The van der Waals surface area contributed by atoms with E-state index in [-0.39, 0.29) is 12.4 Å². The van der Waals surface area contributed by atoms with E-state index < -0.39 is 0 Å². The van der Waals surface area contributed by atoms with E-state index >= 15 is 0 Å². The fourth-order valence-electron chi connectivity index (χ4n) is 1.56. The molecule has 0 heterocycles. The first-order chi connectivity index (χ1) is 9.21. The molecule has 0 unspecified atom stereocenters. The first-order valence-corrected chi connectivity index (χ1v) is 7.26. The molecular weight excluding hydrogens is 312 g/mol. The van der Waals surface area contributed by atoms with Gasteiger partial charge in [0.2, 0.25) is 0 Å². The first-order valence-electron chi connectivity index (χ1n) is 6.13. The van der Waals surface area contributed by atoms with E-state index in [4.69, 9.17) is 9.47 Å². The van der Waals surface area contributed by atoms with Crippen LogP contribution in [0.1, 0.15) is 18.4 Å². The molecule has 19 heavy (non-hydrogen) atoms. The Kier molecular flexibility index (Phi) is 7.33. The molecule has 0 radical (unpaired) electrons. The van der Waals surface area contributed by atoms with Crippen LogP contribution in [0, 0.1) is 0 Å². The number of hydrogen-bond acceptors (Lipinski definition) is 4. The second-order valence-electron chi connectivity index (χ2n) is 3.98. The smallest absolute Gasteiger partial charge is 0.309 e. The molecule has 5 heteroatoms. The third kappa shape index (κ3) is 5.51. The predicted molar refractivity (Wildman–Crippen MR) is 77.2 cm³/mol. The van der Waals surface area contributed by atoms with Crippen LogP contribution in [0.2, 0.25) is 0 Å². The average Bonchev–Trinajstić information content (AvgIpc) is 2.44. The predicted octanol–water partition coefficient (Wildman–Crippen LogP) is 2.96. The third-order valence-electron chi connectivity index (χ3n) is 2.59. The number of benzene rings is 1. The number of alkyl halides is 1. The fraction of sp³-hybridized carbons (Fsp3) is 0.500. The van der Waals surface area contributed by atoms with Gasteiger partial charge >= 0.3 is 5.97 Å². The highest BCUT2D eigenvalue weighted by molar-refractivity contribution is 9.09. The molecule has 0 spiro atoms. The maximum Gasteiger partial charge on any atom is 0.309 e. The SMILES string of the molecule is COC(=O)Cc1ccc(OCCCCBr)c(OC)c1. The molecule has 0 fully saturated rings. The number of unbranched alkanes of at least 4 members (excludes halogenated alkanes) is 1. The summed E-state index contributed by atoms with van der Waals surface area (Å²) in [5, 5.41) is 0.978. The van der Waals surface area contributed by atoms with Gasteiger partial charge in [0, 0.05) is 5.33 Å². The summed E-state index contributed by atoms with van der Waals surface area (Å²) in [5.74, 6) is 1.07. The van der Waals surface area contributed by atoms with E-state index in [0.717, 1.165) is 23.7 Å². The normalized spacial score (nSPS) is 10.1. The topological polar surface area (TPSA) is 44.8 Å². The minimum absolute atomic E-state index is 0.233. The van der Waals surface area contributed by atoms with Gasteiger partial charge in [-0.2, -0.15) is 0 Å². The van der Waals surface area contributed by atoms with Gasteiger partial charge in [0.1, 0.15) is 0 Å². The largest absolute Gasteiger partial charge is 0.493 e. The zero-order valence-electron chi connectivity index (χ0n) is 11.3. The molecule has 4 nitrogen and oxygen atoms in total. The monoisotopic (exact) mass is 330 g/mol. The summed E-state index contributed by atoms with van der Waals surface area (Å²) in [4.78, 5) is 11.2. The summed E-state index contributed by atoms with van der Waals surface area (Å²) < 4.78 is 15.6. The lowest BCUT2D eigenvalue weighted by Gasteiger charge is -2.11. The van der Waals surface area contributed by atoms with Crippen LogP contribution in [0.25, 0.3) is 0 Å². The van der Waals surface area contributed by atoms with Gasteiger partial charge in [-0.05, 0) is 30.5 Å². The van der Waals surface area contributed by atoms with E-state index in [9.17, 15) is 4.79 Å². The minimum Gasteiger partial charge on any atom is -0.493 e. The summed E-state index contributed by atoms with van der Waals surface area (Å²) in [6.45, 7) is 0.651. The molecule has 0 amide bonds. The van der Waals surface area contributed by atoms with E-state index in [1.54, 1.807) is 13.2 Å². The summed E-state index contributed by atoms with van der Waals surface area (Å²) >= 11 is 3.38. The maximum absolute atomic E-state index is 11.2. The Bertz CT molecular complexity index is 406. The van der Waals surface area contributed by atoms with Crippen molar-refractivity contribution >= 4 is 21.9 Å². The number of hydrogen-bond donors (Lipinski definition) is 0. The lowest BCUT2D eigenvalue weighted by molar-refractivity contribution is -0.139. The third-order valence-corrected chi connectivity index (χ3v) is 3.15. The number of esters is 1. The molecule has 0 saturated carbocycles. The molecule has 1 aromatic rings. The quantitative estimate of drug-likeness (QED) is 0.417. The number of ether oxygens (including phenoxy) is 3. The minimum atomic E-state index is -0.270. The van der Waals surface area contributed by atoms with Gasteiger partial charge < -0.3 is 14.2 Å². The fourth-order valence-corrected chi connectivity index (χ4v) is 1.96. The Hall–Kier alpha value is -1.23. The van der Waals surface area contributed by atoms with Crippen molar-refractivity contribution in [1.29, 1.82) is 0 Å². The number of carbonyl (C=O) groups excluding carboxylic acids is 1. The Morgan fingerprint density at radius 2 is 2.00 bits per heavy atom. The summed E-state index contributed by atoms with van der Waals surface area (Å²) in [5.41, 5.74) is 0.844. The Morgan fingerprint density at radius 3 is 2.63 bits per heavy atom. The van der Waals surface area contributed by atoms with Gasteiger partial charge in [-0.1, -0.05) is 22.0 Å². The van der Waals surface area contributed by atoms with E-state index in [1.165, 1.54) is 7.11 Å². The molecule has 0 aliphatic carbocycles. The molecule has 0 N–H and O–H groups in total. The number of carbonyl (C=O) groups is 1. The molecule has 0 aliphatic rings. The van der Waals surface area contributed by atoms with Crippen LogP contribution in [0.5, 0.6) is 11.5 Å². The molecule has 0 saturated heterocycles. The van der Waals surface area contributed by atoms with Crippen molar-refractivity contribution in [3.05, 3.63) is 23.8 Å². The van der Waals surface area contributed by atoms with Crippen LogP contribution in [0.15, 0.2) is 18.2 Å². The van der Waals surface area contributed by atoms with Crippen LogP contribution in [0.3, 0.4) is 0 Å². The zero-order chi connectivity index (χ0) is 14.1. The number of halogens is 1. The van der Waals surface area contributed by atoms with Gasteiger partial charge in [-0.3, -0.25) is 4.79 Å². The second kappa shape index (κ2) is 8.80. The zero-order valence-corrected chi connectivity index (χ0v) is 12.9. The highest BCUT2D eigenvalue weighted by Crippen LogP contribution is 2.28. The van der Waals surface area contributed by atoms with E-state index in [0.29, 0.717) is 18.1 Å². The van der Waals surface area contributed by atoms with Gasteiger partial charge in [0.05, 0.1) is 27.2 Å². The molecule has 0 atom stereocenters. The Morgan fingerprint density at radius 1 is 1.21 bits per heavy atom. The Balaban J connectivity index is 2.64. The average molecular weight is 331 g/mol. The first kappa shape index (κ1) is 15.8. The number of methoxy groups -OCH3 is 2. The number of rotatable bonds is 8. The summed E-state index contributed by atoms with van der Waals surface area (Å²) in [6.07, 6.45) is 2.29. The van der Waals surface area contributed by atoms with Crippen molar-refractivity contribution in [3.63, 3.8) is 0 Å². The lowest BCUT2D eigenvalue weighted by Crippen LogP contribution is -2.05. The van der Waals surface area contributed by atoms with Crippen LogP contribution >= 0.6 is 15.9 Å². The molecular formula is C14H19BrO4. The van der Waals surface area contributed by atoms with Crippen LogP contribution in [0.4, 0.5) is 0 Å². The van der Waals surface area contributed by atoms with Gasteiger partial charge in [0.25, 0.3) is 0 Å². The van der Waals surface area contributed by atoms with Crippen molar-refractivity contribution < 1.29 is 19.0 Å². The summed E-state index contributed by atoms with van der Waals surface area (Å²) in [7, 11) is 2.96. The molecule has 0 aromatic heterocycles. The maximum atomic E-state index is 11.2. The van der Waals surface area contributed by atoms with Crippen molar-refractivity contribution in [1.82, 2.24) is 0 Å². The second-order valence-corrected chi connectivity index (χ2v) is 4.78. The van der Waals surface area contributed by atoms with Crippen LogP contribution in [-0.4, -0.2) is 32.1 Å². The molecule has 1 rings (SSSR count). The van der Waals surface area contributed by atoms with Gasteiger partial charge in [0.15, 0.2) is 11.5 Å². The van der Waals surface area contributed by atoms with Crippen molar-refractivity contribution in [3.8, 4) is 11.5 Å². The molecule has 1 aromatic carbocycles. The molecule has 106 valence electrons. The van der Waals surface area contributed by atoms with E-state index in [1.807, 2.05) is 12.1 Å². The van der Waals surface area contributed by atoms with Crippen LogP contribution < -0.4 is 9.47 Å². The molecule has 0 bridgehead atoms. The highest BCUT2D eigenvalue weighted by Gasteiger charge is 2.08. The van der Waals surface area contributed by atoms with E-state index in [2.05, 4.69) is 20.7 Å². The van der Waals surface area contributed by atoms with Crippen molar-refractivity contribution in [2.24, 2.45) is 0 Å². The summed E-state index contributed by atoms with van der Waals surface area (Å²) in [6, 6.07) is 5.47.